The lowest BCUT2D eigenvalue weighted by Gasteiger charge is -2.17. The van der Waals surface area contributed by atoms with Gasteiger partial charge in [-0.05, 0) is 49.4 Å². The van der Waals surface area contributed by atoms with Gasteiger partial charge in [0.15, 0.2) is 0 Å². The summed E-state index contributed by atoms with van der Waals surface area (Å²) in [6.07, 6.45) is 9.22. The second kappa shape index (κ2) is 6.04. The van der Waals surface area contributed by atoms with Gasteiger partial charge in [-0.3, -0.25) is 4.79 Å². The van der Waals surface area contributed by atoms with Gasteiger partial charge in [0, 0.05) is 12.6 Å². The van der Waals surface area contributed by atoms with E-state index >= 15 is 0 Å². The highest BCUT2D eigenvalue weighted by atomic mass is 16.5. The Morgan fingerprint density at radius 3 is 2.95 bits per heavy atom. The number of hydrogen-bond acceptors (Lipinski definition) is 3. The highest BCUT2D eigenvalue weighted by Crippen LogP contribution is 2.44. The molecule has 1 N–H and O–H groups in total. The minimum atomic E-state index is -0.142. The fraction of sp³-hybridized carbons (Fsp3) is 0.647. The molecule has 1 amide bonds. The minimum absolute atomic E-state index is 0.142. The Kier molecular flexibility index (Phi) is 4.13. The molecule has 114 valence electrons. The smallest absolute Gasteiger partial charge is 0.289 e. The van der Waals surface area contributed by atoms with Crippen LogP contribution in [0.2, 0.25) is 0 Å². The van der Waals surface area contributed by atoms with Crippen LogP contribution in [0.25, 0.3) is 0 Å². The summed E-state index contributed by atoms with van der Waals surface area (Å²) in [6.45, 7) is 4.97. The van der Waals surface area contributed by atoms with Crippen LogP contribution < -0.4 is 5.32 Å². The maximum atomic E-state index is 12.0. The molecule has 4 heteroatoms. The Bertz CT molecular complexity index is 533. The van der Waals surface area contributed by atoms with Gasteiger partial charge in [-0.15, -0.1) is 0 Å². The second-order valence-electron chi connectivity index (χ2n) is 6.87. The van der Waals surface area contributed by atoms with E-state index in [1.54, 1.807) is 6.07 Å². The van der Waals surface area contributed by atoms with E-state index in [1.165, 1.54) is 12.8 Å². The first kappa shape index (κ1) is 14.4. The van der Waals surface area contributed by atoms with Crippen molar-refractivity contribution in [1.82, 2.24) is 10.5 Å². The summed E-state index contributed by atoms with van der Waals surface area (Å²) in [4.78, 5) is 12.0. The van der Waals surface area contributed by atoms with Crippen molar-refractivity contribution < 1.29 is 9.32 Å². The molecule has 0 aromatic carbocycles. The zero-order valence-corrected chi connectivity index (χ0v) is 12.8. The zero-order chi connectivity index (χ0) is 14.8. The lowest BCUT2D eigenvalue weighted by atomic mass is 9.91. The second-order valence-corrected chi connectivity index (χ2v) is 6.87. The van der Waals surface area contributed by atoms with Gasteiger partial charge in [0.05, 0.1) is 5.69 Å². The minimum Gasteiger partial charge on any atom is -0.351 e. The fourth-order valence-electron chi connectivity index (χ4n) is 3.62. The summed E-state index contributed by atoms with van der Waals surface area (Å²) in [7, 11) is 0. The monoisotopic (exact) mass is 288 g/mol. The molecule has 2 aliphatic carbocycles. The van der Waals surface area contributed by atoms with Gasteiger partial charge in [0.1, 0.15) is 0 Å². The molecule has 0 aliphatic heterocycles. The van der Waals surface area contributed by atoms with Crippen LogP contribution in [0.5, 0.6) is 0 Å². The quantitative estimate of drug-likeness (QED) is 0.818. The first-order valence-electron chi connectivity index (χ1n) is 8.04. The van der Waals surface area contributed by atoms with Gasteiger partial charge >= 0.3 is 0 Å². The zero-order valence-electron chi connectivity index (χ0n) is 12.8. The Morgan fingerprint density at radius 2 is 2.29 bits per heavy atom. The van der Waals surface area contributed by atoms with Crippen molar-refractivity contribution in [3.63, 3.8) is 0 Å². The standard InChI is InChI=1S/C17H24N2O2/c1-11(2)7-15-10-16(21-19-15)17(20)18-6-5-14-9-12-3-4-13(14)8-12/h3-4,10-14H,5-9H2,1-2H3,(H,18,20). The van der Waals surface area contributed by atoms with Crippen LogP contribution in [0.15, 0.2) is 22.7 Å². The summed E-state index contributed by atoms with van der Waals surface area (Å²) in [5.41, 5.74) is 0.855. The van der Waals surface area contributed by atoms with E-state index < -0.39 is 0 Å². The number of aromatic nitrogens is 1. The molecular weight excluding hydrogens is 264 g/mol. The van der Waals surface area contributed by atoms with Crippen molar-refractivity contribution >= 4 is 5.91 Å². The molecule has 3 unspecified atom stereocenters. The summed E-state index contributed by atoms with van der Waals surface area (Å²) in [6, 6.07) is 1.76. The predicted molar refractivity (Wildman–Crippen MR) is 80.8 cm³/mol. The highest BCUT2D eigenvalue weighted by Gasteiger charge is 2.34. The van der Waals surface area contributed by atoms with E-state index in [2.05, 4.69) is 36.5 Å². The lowest BCUT2D eigenvalue weighted by molar-refractivity contribution is 0.0913. The van der Waals surface area contributed by atoms with E-state index in [1.807, 2.05) is 0 Å². The SMILES string of the molecule is CC(C)Cc1cc(C(=O)NCCC2CC3C=CC2C3)on1. The van der Waals surface area contributed by atoms with E-state index in [9.17, 15) is 4.79 Å². The molecule has 1 aromatic rings. The number of amides is 1. The fourth-order valence-corrected chi connectivity index (χ4v) is 3.62. The number of hydrogen-bond donors (Lipinski definition) is 1. The molecule has 0 saturated heterocycles. The van der Waals surface area contributed by atoms with Gasteiger partial charge in [-0.2, -0.15) is 0 Å². The number of rotatable bonds is 6. The molecule has 0 spiro atoms. The molecule has 1 heterocycles. The Balaban J connectivity index is 1.44. The van der Waals surface area contributed by atoms with Gasteiger partial charge in [0.2, 0.25) is 5.76 Å². The normalized spacial score (nSPS) is 26.7. The van der Waals surface area contributed by atoms with Crippen LogP contribution >= 0.6 is 0 Å². The third kappa shape index (κ3) is 3.36. The van der Waals surface area contributed by atoms with Crippen molar-refractivity contribution in [3.05, 3.63) is 29.7 Å². The number of carbonyl (C=O) groups is 1. The van der Waals surface area contributed by atoms with Crippen LogP contribution in [0, 0.1) is 23.7 Å². The van der Waals surface area contributed by atoms with E-state index in [-0.39, 0.29) is 5.91 Å². The molecule has 2 aliphatic rings. The third-order valence-electron chi connectivity index (χ3n) is 4.62. The maximum absolute atomic E-state index is 12.0. The molecule has 1 saturated carbocycles. The summed E-state index contributed by atoms with van der Waals surface area (Å²) in [5, 5.41) is 6.90. The number of nitrogens with one attached hydrogen (secondary N) is 1. The third-order valence-corrected chi connectivity index (χ3v) is 4.62. The topological polar surface area (TPSA) is 55.1 Å². The molecule has 0 radical (unpaired) electrons. The number of carbonyl (C=O) groups excluding carboxylic acids is 1. The van der Waals surface area contributed by atoms with Crippen LogP contribution in [0.3, 0.4) is 0 Å². The first-order valence-corrected chi connectivity index (χ1v) is 8.04. The van der Waals surface area contributed by atoms with Crippen molar-refractivity contribution in [2.45, 2.75) is 39.5 Å². The number of allylic oxidation sites excluding steroid dienone is 2. The van der Waals surface area contributed by atoms with Crippen LogP contribution in [0.1, 0.15) is 49.4 Å². The Hall–Kier alpha value is -1.58. The molecule has 1 aromatic heterocycles. The molecule has 3 atom stereocenters. The summed E-state index contributed by atoms with van der Waals surface area (Å²) in [5.74, 6) is 2.98. The number of nitrogens with zero attached hydrogens (tertiary/aromatic N) is 1. The Morgan fingerprint density at radius 1 is 1.43 bits per heavy atom. The molecule has 21 heavy (non-hydrogen) atoms. The average molecular weight is 288 g/mol. The van der Waals surface area contributed by atoms with Gasteiger partial charge in [-0.1, -0.05) is 31.2 Å². The van der Waals surface area contributed by atoms with E-state index in [0.717, 1.165) is 42.8 Å². The summed E-state index contributed by atoms with van der Waals surface area (Å²) < 4.78 is 5.13. The average Bonchev–Trinajstić information content (AvgIpc) is 3.13. The van der Waals surface area contributed by atoms with Crippen molar-refractivity contribution in [1.29, 1.82) is 0 Å². The van der Waals surface area contributed by atoms with Gasteiger partial charge < -0.3 is 9.84 Å². The Labute approximate surface area is 126 Å². The van der Waals surface area contributed by atoms with E-state index in [4.69, 9.17) is 4.52 Å². The first-order chi connectivity index (χ1) is 10.1. The van der Waals surface area contributed by atoms with Crippen molar-refractivity contribution in [3.8, 4) is 0 Å². The van der Waals surface area contributed by atoms with E-state index in [0.29, 0.717) is 11.7 Å². The molecule has 1 fully saturated rings. The molecule has 4 nitrogen and oxygen atoms in total. The van der Waals surface area contributed by atoms with Crippen LogP contribution in [0.4, 0.5) is 0 Å². The lowest BCUT2D eigenvalue weighted by Crippen LogP contribution is -2.26. The molecular formula is C17H24N2O2. The van der Waals surface area contributed by atoms with Crippen LogP contribution in [-0.4, -0.2) is 17.6 Å². The number of fused-ring (bicyclic) bond motifs is 2. The van der Waals surface area contributed by atoms with Crippen LogP contribution in [-0.2, 0) is 6.42 Å². The van der Waals surface area contributed by atoms with Crippen molar-refractivity contribution in [2.75, 3.05) is 6.54 Å². The highest BCUT2D eigenvalue weighted by molar-refractivity contribution is 5.91. The van der Waals surface area contributed by atoms with Gasteiger partial charge in [0.25, 0.3) is 5.91 Å². The maximum Gasteiger partial charge on any atom is 0.289 e. The van der Waals surface area contributed by atoms with Crippen molar-refractivity contribution in [2.24, 2.45) is 23.7 Å². The largest absolute Gasteiger partial charge is 0.351 e. The molecule has 3 rings (SSSR count). The van der Waals surface area contributed by atoms with Gasteiger partial charge in [-0.25, -0.2) is 0 Å². The predicted octanol–water partition coefficient (Wildman–Crippen LogP) is 3.21. The molecule has 2 bridgehead atoms. The summed E-state index contributed by atoms with van der Waals surface area (Å²) >= 11 is 0.